The predicted octanol–water partition coefficient (Wildman–Crippen LogP) is 3.27. The van der Waals surface area contributed by atoms with Crippen LogP contribution >= 0.6 is 23.1 Å². The van der Waals surface area contributed by atoms with Crippen molar-refractivity contribution in [2.45, 2.75) is 6.92 Å². The number of non-ortho nitro benzene ring substituents is 1. The standard InChI is InChI=1S/C11H8ClN3O3S/c1-6-4-10(14-19-6)11(16)13-9-5-7(15(17)18)2-3-8(9)12/h2-5H,1H3,(H,13,16). The molecule has 2 aromatic rings. The van der Waals surface area contributed by atoms with Gasteiger partial charge in [0.15, 0.2) is 0 Å². The third-order valence-corrected chi connectivity index (χ3v) is 3.29. The topological polar surface area (TPSA) is 85.1 Å². The first-order valence-corrected chi connectivity index (χ1v) is 6.31. The van der Waals surface area contributed by atoms with E-state index in [0.717, 1.165) is 4.88 Å². The van der Waals surface area contributed by atoms with E-state index in [-0.39, 0.29) is 22.1 Å². The number of benzene rings is 1. The molecule has 8 heteroatoms. The fourth-order valence-electron chi connectivity index (χ4n) is 1.38. The van der Waals surface area contributed by atoms with Gasteiger partial charge in [0, 0.05) is 17.0 Å². The van der Waals surface area contributed by atoms with Crippen LogP contribution in [-0.4, -0.2) is 15.2 Å². The maximum absolute atomic E-state index is 11.9. The second-order valence-electron chi connectivity index (χ2n) is 3.70. The molecule has 0 bridgehead atoms. The predicted molar refractivity (Wildman–Crippen MR) is 72.9 cm³/mol. The Hall–Kier alpha value is -1.99. The first-order valence-electron chi connectivity index (χ1n) is 5.16. The second kappa shape index (κ2) is 5.33. The Balaban J connectivity index is 2.25. The molecule has 1 N–H and O–H groups in total. The van der Waals surface area contributed by atoms with E-state index in [1.54, 1.807) is 6.07 Å². The molecule has 0 atom stereocenters. The Morgan fingerprint density at radius 1 is 1.47 bits per heavy atom. The largest absolute Gasteiger partial charge is 0.319 e. The van der Waals surface area contributed by atoms with E-state index in [4.69, 9.17) is 11.6 Å². The summed E-state index contributed by atoms with van der Waals surface area (Å²) in [7, 11) is 0. The summed E-state index contributed by atoms with van der Waals surface area (Å²) < 4.78 is 3.95. The lowest BCUT2D eigenvalue weighted by Gasteiger charge is -2.05. The van der Waals surface area contributed by atoms with Crippen molar-refractivity contribution in [3.05, 3.63) is 50.0 Å². The van der Waals surface area contributed by atoms with Crippen molar-refractivity contribution in [3.8, 4) is 0 Å². The quantitative estimate of drug-likeness (QED) is 0.696. The molecule has 0 aliphatic rings. The number of hydrogen-bond donors (Lipinski definition) is 1. The van der Waals surface area contributed by atoms with Crippen LogP contribution in [0.1, 0.15) is 15.4 Å². The third-order valence-electron chi connectivity index (χ3n) is 2.27. The van der Waals surface area contributed by atoms with Gasteiger partial charge >= 0.3 is 0 Å². The Labute approximate surface area is 117 Å². The molecule has 0 aliphatic carbocycles. The van der Waals surface area contributed by atoms with Crippen molar-refractivity contribution in [3.63, 3.8) is 0 Å². The van der Waals surface area contributed by atoms with Crippen LogP contribution in [0.2, 0.25) is 5.02 Å². The molecule has 6 nitrogen and oxygen atoms in total. The Morgan fingerprint density at radius 2 is 2.21 bits per heavy atom. The average molecular weight is 298 g/mol. The number of nitro groups is 1. The highest BCUT2D eigenvalue weighted by Gasteiger charge is 2.14. The molecule has 1 aromatic carbocycles. The van der Waals surface area contributed by atoms with Crippen molar-refractivity contribution in [2.75, 3.05) is 5.32 Å². The lowest BCUT2D eigenvalue weighted by Crippen LogP contribution is -2.12. The smallest absolute Gasteiger partial charge is 0.275 e. The molecule has 1 aromatic heterocycles. The van der Waals surface area contributed by atoms with Gasteiger partial charge in [-0.2, -0.15) is 4.37 Å². The normalized spacial score (nSPS) is 10.2. The minimum Gasteiger partial charge on any atom is -0.319 e. The van der Waals surface area contributed by atoms with Gasteiger partial charge in [0.1, 0.15) is 5.69 Å². The number of aryl methyl sites for hydroxylation is 1. The van der Waals surface area contributed by atoms with Crippen LogP contribution in [0.15, 0.2) is 24.3 Å². The SMILES string of the molecule is Cc1cc(C(=O)Nc2cc([N+](=O)[O-])ccc2Cl)ns1. The summed E-state index contributed by atoms with van der Waals surface area (Å²) >= 11 is 7.09. The molecular weight excluding hydrogens is 290 g/mol. The molecule has 0 saturated carbocycles. The molecule has 98 valence electrons. The summed E-state index contributed by atoms with van der Waals surface area (Å²) in [6, 6.07) is 5.47. The van der Waals surface area contributed by atoms with Crippen molar-refractivity contribution in [1.82, 2.24) is 4.37 Å². The zero-order valence-electron chi connectivity index (χ0n) is 9.71. The number of nitro benzene ring substituents is 1. The monoisotopic (exact) mass is 297 g/mol. The van der Waals surface area contributed by atoms with Gasteiger partial charge in [-0.05, 0) is 30.6 Å². The van der Waals surface area contributed by atoms with Gasteiger partial charge < -0.3 is 5.32 Å². The molecule has 2 rings (SSSR count). The summed E-state index contributed by atoms with van der Waals surface area (Å²) in [5.41, 5.74) is 0.297. The van der Waals surface area contributed by atoms with Gasteiger partial charge in [0.2, 0.25) is 0 Å². The van der Waals surface area contributed by atoms with Crippen LogP contribution in [0.4, 0.5) is 11.4 Å². The maximum atomic E-state index is 11.9. The Kier molecular flexibility index (Phi) is 3.77. The molecular formula is C11H8ClN3O3S. The number of rotatable bonds is 3. The molecule has 0 fully saturated rings. The van der Waals surface area contributed by atoms with Crippen LogP contribution in [0, 0.1) is 17.0 Å². The Bertz CT molecular complexity index is 656. The number of halogens is 1. The van der Waals surface area contributed by atoms with E-state index < -0.39 is 10.8 Å². The van der Waals surface area contributed by atoms with Gasteiger partial charge in [0.25, 0.3) is 11.6 Å². The fraction of sp³-hybridized carbons (Fsp3) is 0.0909. The average Bonchev–Trinajstić information content (AvgIpc) is 2.78. The van der Waals surface area contributed by atoms with E-state index in [0.29, 0.717) is 0 Å². The zero-order chi connectivity index (χ0) is 14.0. The molecule has 1 heterocycles. The summed E-state index contributed by atoms with van der Waals surface area (Å²) in [5.74, 6) is -0.452. The highest BCUT2D eigenvalue weighted by molar-refractivity contribution is 7.05. The molecule has 0 aliphatic heterocycles. The number of nitrogens with zero attached hydrogens (tertiary/aromatic N) is 2. The number of carbonyl (C=O) groups excluding carboxylic acids is 1. The van der Waals surface area contributed by atoms with Crippen LogP contribution in [0.5, 0.6) is 0 Å². The molecule has 0 saturated heterocycles. The number of hydrogen-bond acceptors (Lipinski definition) is 5. The first kappa shape index (κ1) is 13.4. The van der Waals surface area contributed by atoms with E-state index in [1.807, 2.05) is 6.92 Å². The molecule has 0 unspecified atom stereocenters. The van der Waals surface area contributed by atoms with Crippen LogP contribution in [0.3, 0.4) is 0 Å². The van der Waals surface area contributed by atoms with Gasteiger partial charge in [-0.25, -0.2) is 0 Å². The number of amides is 1. The fourth-order valence-corrected chi connectivity index (χ4v) is 2.09. The lowest BCUT2D eigenvalue weighted by molar-refractivity contribution is -0.384. The van der Waals surface area contributed by atoms with Crippen molar-refractivity contribution < 1.29 is 9.72 Å². The summed E-state index contributed by atoms with van der Waals surface area (Å²) in [4.78, 5) is 22.9. The van der Waals surface area contributed by atoms with Crippen molar-refractivity contribution >= 4 is 40.4 Å². The van der Waals surface area contributed by atoms with E-state index in [9.17, 15) is 14.9 Å². The minimum absolute atomic E-state index is 0.144. The first-order chi connectivity index (χ1) is 8.97. The third kappa shape index (κ3) is 3.07. The van der Waals surface area contributed by atoms with Crippen LogP contribution in [0.25, 0.3) is 0 Å². The van der Waals surface area contributed by atoms with Gasteiger partial charge in [0.05, 0.1) is 15.6 Å². The number of aromatic nitrogens is 1. The molecule has 0 spiro atoms. The highest BCUT2D eigenvalue weighted by atomic mass is 35.5. The maximum Gasteiger partial charge on any atom is 0.275 e. The summed E-state index contributed by atoms with van der Waals surface area (Å²) in [6.45, 7) is 1.83. The highest BCUT2D eigenvalue weighted by Crippen LogP contribution is 2.27. The number of nitrogens with one attached hydrogen (secondary N) is 1. The van der Waals surface area contributed by atoms with Gasteiger partial charge in [-0.3, -0.25) is 14.9 Å². The van der Waals surface area contributed by atoms with Crippen LogP contribution < -0.4 is 5.32 Å². The van der Waals surface area contributed by atoms with Crippen molar-refractivity contribution in [1.29, 1.82) is 0 Å². The summed E-state index contributed by atoms with van der Waals surface area (Å²) in [6.07, 6.45) is 0. The molecule has 0 radical (unpaired) electrons. The van der Waals surface area contributed by atoms with Crippen molar-refractivity contribution in [2.24, 2.45) is 0 Å². The molecule has 1 amide bonds. The zero-order valence-corrected chi connectivity index (χ0v) is 11.3. The lowest BCUT2D eigenvalue weighted by atomic mass is 10.2. The van der Waals surface area contributed by atoms with Gasteiger partial charge in [-0.1, -0.05) is 11.6 Å². The summed E-state index contributed by atoms with van der Waals surface area (Å²) in [5, 5.41) is 13.4. The van der Waals surface area contributed by atoms with Gasteiger partial charge in [-0.15, -0.1) is 0 Å². The second-order valence-corrected chi connectivity index (χ2v) is 5.11. The number of carbonyl (C=O) groups is 1. The van der Waals surface area contributed by atoms with E-state index >= 15 is 0 Å². The number of anilines is 1. The van der Waals surface area contributed by atoms with Crippen LogP contribution in [-0.2, 0) is 0 Å². The van der Waals surface area contributed by atoms with E-state index in [2.05, 4.69) is 9.69 Å². The minimum atomic E-state index is -0.557. The van der Waals surface area contributed by atoms with E-state index in [1.165, 1.54) is 29.7 Å². The Morgan fingerprint density at radius 3 is 2.79 bits per heavy atom. The molecule has 19 heavy (non-hydrogen) atoms.